The van der Waals surface area contributed by atoms with E-state index in [1.807, 2.05) is 0 Å². The molecule has 0 aliphatic heterocycles. The molecule has 2 rings (SSSR count). The average Bonchev–Trinajstić information content (AvgIpc) is 2.41. The number of benzene rings is 2. The van der Waals surface area contributed by atoms with Crippen LogP contribution in [-0.4, -0.2) is 14.3 Å². The molecule has 5 nitrogen and oxygen atoms in total. The molecule has 0 aliphatic rings. The second kappa shape index (κ2) is 5.80. The van der Waals surface area contributed by atoms with Crippen molar-refractivity contribution >= 4 is 33.2 Å². The van der Waals surface area contributed by atoms with Crippen LogP contribution in [0.15, 0.2) is 47.4 Å². The zero-order chi connectivity index (χ0) is 15.6. The molecular weight excluding hydrogens is 319 g/mol. The molecule has 0 fully saturated rings. The fourth-order valence-electron chi connectivity index (χ4n) is 1.63. The van der Waals surface area contributed by atoms with Crippen LogP contribution in [0.4, 0.5) is 10.1 Å². The minimum absolute atomic E-state index is 0.0577. The van der Waals surface area contributed by atoms with E-state index in [9.17, 15) is 17.6 Å². The summed E-state index contributed by atoms with van der Waals surface area (Å²) in [7, 11) is -3.88. The van der Waals surface area contributed by atoms with Gasteiger partial charge in [-0.1, -0.05) is 23.7 Å². The second-order valence-electron chi connectivity index (χ2n) is 4.13. The van der Waals surface area contributed by atoms with Gasteiger partial charge in [-0.15, -0.1) is 0 Å². The summed E-state index contributed by atoms with van der Waals surface area (Å²) in [5, 5.41) is 7.12. The van der Waals surface area contributed by atoms with Crippen LogP contribution in [0.2, 0.25) is 5.02 Å². The van der Waals surface area contributed by atoms with Gasteiger partial charge in [0.05, 0.1) is 15.5 Å². The van der Waals surface area contributed by atoms with E-state index in [1.54, 1.807) is 0 Å². The lowest BCUT2D eigenvalue weighted by Gasteiger charge is -2.08. The summed E-state index contributed by atoms with van der Waals surface area (Å²) in [6.45, 7) is 0. The number of nitrogens with one attached hydrogen (secondary N) is 1. The summed E-state index contributed by atoms with van der Waals surface area (Å²) >= 11 is 5.71. The highest BCUT2D eigenvalue weighted by Crippen LogP contribution is 2.21. The first-order valence-corrected chi connectivity index (χ1v) is 7.59. The number of primary sulfonamides is 1. The van der Waals surface area contributed by atoms with Crippen LogP contribution in [0.5, 0.6) is 0 Å². The van der Waals surface area contributed by atoms with E-state index in [1.165, 1.54) is 36.4 Å². The third kappa shape index (κ3) is 3.57. The Balaban J connectivity index is 2.30. The standard InChI is InChI=1S/C13H10ClFN2O3S/c14-12-10(5-2-6-11(12)15)13(18)17-8-3-1-4-9(7-8)21(16,19)20/h1-7H,(H,17,18)(H2,16,19,20). The highest BCUT2D eigenvalue weighted by Gasteiger charge is 2.14. The van der Waals surface area contributed by atoms with Gasteiger partial charge < -0.3 is 5.32 Å². The van der Waals surface area contributed by atoms with Gasteiger partial charge in [0.2, 0.25) is 10.0 Å². The molecule has 0 unspecified atom stereocenters. The van der Waals surface area contributed by atoms with Crippen molar-refractivity contribution in [2.24, 2.45) is 5.14 Å². The van der Waals surface area contributed by atoms with Crippen LogP contribution in [0.1, 0.15) is 10.4 Å². The second-order valence-corrected chi connectivity index (χ2v) is 6.07. The molecule has 3 N–H and O–H groups in total. The quantitative estimate of drug-likeness (QED) is 0.906. The van der Waals surface area contributed by atoms with E-state index in [-0.39, 0.29) is 21.2 Å². The van der Waals surface area contributed by atoms with Crippen molar-refractivity contribution in [3.8, 4) is 0 Å². The van der Waals surface area contributed by atoms with Gasteiger partial charge in [-0.05, 0) is 30.3 Å². The molecule has 0 radical (unpaired) electrons. The molecule has 0 bridgehead atoms. The number of amides is 1. The molecule has 0 atom stereocenters. The van der Waals surface area contributed by atoms with Gasteiger partial charge >= 0.3 is 0 Å². The average molecular weight is 329 g/mol. The number of sulfonamides is 1. The van der Waals surface area contributed by atoms with Crippen molar-refractivity contribution in [2.75, 3.05) is 5.32 Å². The SMILES string of the molecule is NS(=O)(=O)c1cccc(NC(=O)c2cccc(F)c2Cl)c1. The normalized spacial score (nSPS) is 11.2. The van der Waals surface area contributed by atoms with Gasteiger partial charge in [0, 0.05) is 5.69 Å². The fourth-order valence-corrected chi connectivity index (χ4v) is 2.40. The molecule has 1 amide bonds. The van der Waals surface area contributed by atoms with Crippen LogP contribution >= 0.6 is 11.6 Å². The topological polar surface area (TPSA) is 89.3 Å². The number of carbonyl (C=O) groups is 1. The maximum atomic E-state index is 13.3. The Kier molecular flexibility index (Phi) is 4.26. The number of anilines is 1. The van der Waals surface area contributed by atoms with Crippen molar-refractivity contribution in [1.82, 2.24) is 0 Å². The van der Waals surface area contributed by atoms with E-state index in [0.29, 0.717) is 0 Å². The molecule has 0 aliphatic carbocycles. The van der Waals surface area contributed by atoms with Crippen LogP contribution in [0, 0.1) is 5.82 Å². The summed E-state index contributed by atoms with van der Waals surface area (Å²) in [6, 6.07) is 9.20. The Labute approximate surface area is 125 Å². The predicted octanol–water partition coefficient (Wildman–Crippen LogP) is 2.38. The zero-order valence-corrected chi connectivity index (χ0v) is 12.1. The lowest BCUT2D eigenvalue weighted by molar-refractivity contribution is 0.102. The lowest BCUT2D eigenvalue weighted by Crippen LogP contribution is -2.15. The molecule has 0 heterocycles. The van der Waals surface area contributed by atoms with E-state index >= 15 is 0 Å². The zero-order valence-electron chi connectivity index (χ0n) is 10.5. The lowest BCUT2D eigenvalue weighted by atomic mass is 10.2. The van der Waals surface area contributed by atoms with Crippen molar-refractivity contribution in [2.45, 2.75) is 4.90 Å². The van der Waals surface area contributed by atoms with Gasteiger partial charge in [-0.2, -0.15) is 0 Å². The molecule has 0 saturated carbocycles. The van der Waals surface area contributed by atoms with Crippen LogP contribution < -0.4 is 10.5 Å². The third-order valence-corrected chi connectivity index (χ3v) is 3.91. The van der Waals surface area contributed by atoms with Crippen LogP contribution in [0.25, 0.3) is 0 Å². The first-order valence-electron chi connectivity index (χ1n) is 5.67. The highest BCUT2D eigenvalue weighted by molar-refractivity contribution is 7.89. The number of rotatable bonds is 3. The first kappa shape index (κ1) is 15.4. The Hall–Kier alpha value is -1.96. The van der Waals surface area contributed by atoms with E-state index in [4.69, 9.17) is 16.7 Å². The maximum absolute atomic E-state index is 13.3. The van der Waals surface area contributed by atoms with Crippen molar-refractivity contribution in [3.05, 3.63) is 58.9 Å². The largest absolute Gasteiger partial charge is 0.322 e. The van der Waals surface area contributed by atoms with E-state index in [0.717, 1.165) is 6.07 Å². The monoisotopic (exact) mass is 328 g/mol. The fraction of sp³-hybridized carbons (Fsp3) is 0. The van der Waals surface area contributed by atoms with Crippen LogP contribution in [-0.2, 0) is 10.0 Å². The van der Waals surface area contributed by atoms with Crippen LogP contribution in [0.3, 0.4) is 0 Å². The molecule has 8 heteroatoms. The van der Waals surface area contributed by atoms with E-state index < -0.39 is 21.7 Å². The maximum Gasteiger partial charge on any atom is 0.257 e. The smallest absolute Gasteiger partial charge is 0.257 e. The summed E-state index contributed by atoms with van der Waals surface area (Å²) in [5.41, 5.74) is 0.143. The summed E-state index contributed by atoms with van der Waals surface area (Å²) in [6.07, 6.45) is 0. The molecule has 110 valence electrons. The van der Waals surface area contributed by atoms with Crippen molar-refractivity contribution in [1.29, 1.82) is 0 Å². The number of hydrogen-bond acceptors (Lipinski definition) is 3. The van der Waals surface area contributed by atoms with Gasteiger partial charge in [0.1, 0.15) is 5.82 Å². The molecule has 2 aromatic rings. The number of carbonyl (C=O) groups excluding carboxylic acids is 1. The summed E-state index contributed by atoms with van der Waals surface area (Å²) in [4.78, 5) is 11.9. The third-order valence-electron chi connectivity index (χ3n) is 2.62. The molecule has 0 aromatic heterocycles. The van der Waals surface area contributed by atoms with Gasteiger partial charge in [0.15, 0.2) is 0 Å². The Morgan fingerprint density at radius 2 is 1.86 bits per heavy atom. The first-order chi connectivity index (χ1) is 9.79. The minimum Gasteiger partial charge on any atom is -0.322 e. The number of nitrogens with two attached hydrogens (primary N) is 1. The predicted molar refractivity (Wildman–Crippen MR) is 77.2 cm³/mol. The van der Waals surface area contributed by atoms with E-state index in [2.05, 4.69) is 5.32 Å². The summed E-state index contributed by atoms with van der Waals surface area (Å²) in [5.74, 6) is -1.38. The Morgan fingerprint density at radius 1 is 1.19 bits per heavy atom. The molecule has 0 saturated heterocycles. The van der Waals surface area contributed by atoms with Gasteiger partial charge in [-0.25, -0.2) is 17.9 Å². The van der Waals surface area contributed by atoms with Gasteiger partial charge in [0.25, 0.3) is 5.91 Å². The summed E-state index contributed by atoms with van der Waals surface area (Å²) < 4.78 is 35.8. The van der Waals surface area contributed by atoms with Crippen molar-refractivity contribution < 1.29 is 17.6 Å². The van der Waals surface area contributed by atoms with Gasteiger partial charge in [-0.3, -0.25) is 4.79 Å². The Morgan fingerprint density at radius 3 is 2.52 bits per heavy atom. The minimum atomic E-state index is -3.88. The number of hydrogen-bond donors (Lipinski definition) is 2. The molecule has 0 spiro atoms. The number of halogens is 2. The molecule has 21 heavy (non-hydrogen) atoms. The molecular formula is C13H10ClFN2O3S. The van der Waals surface area contributed by atoms with Crippen molar-refractivity contribution in [3.63, 3.8) is 0 Å². The molecule has 2 aromatic carbocycles. The highest BCUT2D eigenvalue weighted by atomic mass is 35.5. The Bertz CT molecular complexity index is 809.